The third kappa shape index (κ3) is 4.59. The lowest BCUT2D eigenvalue weighted by atomic mass is 9.87. The summed E-state index contributed by atoms with van der Waals surface area (Å²) in [6, 6.07) is 9.40. The third-order valence-electron chi connectivity index (χ3n) is 6.27. The van der Waals surface area contributed by atoms with Gasteiger partial charge in [0.15, 0.2) is 11.6 Å². The number of rotatable bonds is 5. The van der Waals surface area contributed by atoms with Crippen molar-refractivity contribution in [3.63, 3.8) is 0 Å². The zero-order valence-corrected chi connectivity index (χ0v) is 19.7. The number of fused-ring (bicyclic) bond motifs is 1. The number of nitrogens with two attached hydrogens (primary N) is 1. The van der Waals surface area contributed by atoms with Crippen LogP contribution in [0.2, 0.25) is 5.02 Å². The number of pyridine rings is 1. The van der Waals surface area contributed by atoms with Crippen molar-refractivity contribution in [2.45, 2.75) is 38.5 Å². The maximum atomic E-state index is 12.8. The number of hydrogen-bond donors (Lipinski definition) is 2. The number of hydrogen-bond acceptors (Lipinski definition) is 6. The van der Waals surface area contributed by atoms with E-state index in [2.05, 4.69) is 20.4 Å². The fraction of sp³-hybridized carbons (Fsp3) is 0.320. The van der Waals surface area contributed by atoms with Crippen LogP contribution in [0.15, 0.2) is 42.7 Å². The second-order valence-corrected chi connectivity index (χ2v) is 9.23. The van der Waals surface area contributed by atoms with Gasteiger partial charge in [-0.3, -0.25) is 14.5 Å². The van der Waals surface area contributed by atoms with E-state index in [0.717, 1.165) is 23.8 Å². The number of carbonyl (C=O) groups is 1. The van der Waals surface area contributed by atoms with Crippen LogP contribution in [-0.2, 0) is 11.8 Å². The van der Waals surface area contributed by atoms with E-state index in [9.17, 15) is 4.79 Å². The van der Waals surface area contributed by atoms with E-state index in [-0.39, 0.29) is 17.5 Å². The lowest BCUT2D eigenvalue weighted by molar-refractivity contribution is -0.117. The molecule has 1 aliphatic carbocycles. The highest BCUT2D eigenvalue weighted by molar-refractivity contribution is 6.35. The molecule has 3 N–H and O–H groups in total. The average Bonchev–Trinajstić information content (AvgIpc) is 3.27. The normalized spacial score (nSPS) is 14.4. The molecule has 9 heteroatoms. The van der Waals surface area contributed by atoms with Crippen molar-refractivity contribution in [1.82, 2.24) is 24.7 Å². The van der Waals surface area contributed by atoms with E-state index < -0.39 is 0 Å². The highest BCUT2D eigenvalue weighted by atomic mass is 35.5. The summed E-state index contributed by atoms with van der Waals surface area (Å²) in [7, 11) is 1.83. The van der Waals surface area contributed by atoms with Crippen molar-refractivity contribution in [2.75, 3.05) is 11.1 Å². The molecule has 0 spiro atoms. The van der Waals surface area contributed by atoms with Gasteiger partial charge >= 0.3 is 0 Å². The third-order valence-corrected chi connectivity index (χ3v) is 6.56. The Morgan fingerprint density at radius 1 is 1.18 bits per heavy atom. The van der Waals surface area contributed by atoms with Crippen LogP contribution >= 0.6 is 11.6 Å². The lowest BCUT2D eigenvalue weighted by Crippen LogP contribution is -2.20. The molecule has 1 fully saturated rings. The molecular weight excluding hydrogens is 450 g/mol. The first-order valence-electron chi connectivity index (χ1n) is 11.5. The molecule has 3 heterocycles. The van der Waals surface area contributed by atoms with Crippen molar-refractivity contribution in [1.29, 1.82) is 0 Å². The van der Waals surface area contributed by atoms with Crippen molar-refractivity contribution < 1.29 is 4.79 Å². The maximum Gasteiger partial charge on any atom is 0.225 e. The number of aryl methyl sites for hydroxylation is 1. The molecule has 34 heavy (non-hydrogen) atoms. The topological polar surface area (TPSA) is 112 Å². The highest BCUT2D eigenvalue weighted by Gasteiger charge is 2.22. The minimum Gasteiger partial charge on any atom is -0.381 e. The summed E-state index contributed by atoms with van der Waals surface area (Å²) in [5.74, 6) is 0.708. The number of aromatic nitrogens is 5. The second kappa shape index (κ2) is 9.38. The molecule has 8 nitrogen and oxygen atoms in total. The Morgan fingerprint density at radius 2 is 2.00 bits per heavy atom. The largest absolute Gasteiger partial charge is 0.381 e. The van der Waals surface area contributed by atoms with E-state index in [4.69, 9.17) is 22.3 Å². The molecule has 0 bridgehead atoms. The molecule has 3 aromatic heterocycles. The molecule has 4 aromatic rings. The summed E-state index contributed by atoms with van der Waals surface area (Å²) >= 11 is 6.55. The Labute approximate surface area is 202 Å². The van der Waals surface area contributed by atoms with Gasteiger partial charge in [0.25, 0.3) is 0 Å². The first-order valence-corrected chi connectivity index (χ1v) is 11.9. The van der Waals surface area contributed by atoms with Gasteiger partial charge in [-0.1, -0.05) is 36.9 Å². The minimum absolute atomic E-state index is 0.0924. The number of halogens is 1. The molecule has 1 aromatic carbocycles. The van der Waals surface area contributed by atoms with Crippen molar-refractivity contribution in [3.8, 4) is 22.6 Å². The Balaban J connectivity index is 1.56. The smallest absolute Gasteiger partial charge is 0.225 e. The van der Waals surface area contributed by atoms with Gasteiger partial charge in [-0.2, -0.15) is 5.10 Å². The van der Waals surface area contributed by atoms with Gasteiger partial charge in [0.1, 0.15) is 17.1 Å². The van der Waals surface area contributed by atoms with Crippen LogP contribution in [0.1, 0.15) is 38.5 Å². The van der Waals surface area contributed by atoms with Gasteiger partial charge in [0.2, 0.25) is 5.91 Å². The van der Waals surface area contributed by atoms with E-state index in [0.29, 0.717) is 40.0 Å². The van der Waals surface area contributed by atoms with Crippen LogP contribution in [0.3, 0.4) is 0 Å². The van der Waals surface area contributed by atoms with Gasteiger partial charge in [-0.05, 0) is 43.0 Å². The number of nitrogens with one attached hydrogen (secondary N) is 1. The number of benzene rings is 1. The maximum absolute atomic E-state index is 12.8. The minimum atomic E-state index is -0.0924. The molecule has 0 aliphatic heterocycles. The monoisotopic (exact) mass is 475 g/mol. The number of amides is 1. The molecule has 5 rings (SSSR count). The Kier molecular flexibility index (Phi) is 6.15. The fourth-order valence-electron chi connectivity index (χ4n) is 4.58. The molecule has 0 saturated heterocycles. The summed E-state index contributed by atoms with van der Waals surface area (Å²) in [5, 5.41) is 8.76. The summed E-state index contributed by atoms with van der Waals surface area (Å²) in [4.78, 5) is 26.5. The number of carbonyl (C=O) groups excluding carboxylic acids is 1. The fourth-order valence-corrected chi connectivity index (χ4v) is 4.86. The Morgan fingerprint density at radius 3 is 2.76 bits per heavy atom. The van der Waals surface area contributed by atoms with Crippen LogP contribution in [0, 0.1) is 5.92 Å². The quantitative estimate of drug-likeness (QED) is 0.408. The summed E-state index contributed by atoms with van der Waals surface area (Å²) in [6.45, 7) is 0. The van der Waals surface area contributed by atoms with Crippen LogP contribution in [-0.4, -0.2) is 30.6 Å². The van der Waals surface area contributed by atoms with Crippen molar-refractivity contribution in [3.05, 3.63) is 47.7 Å². The molecule has 0 unspecified atom stereocenters. The van der Waals surface area contributed by atoms with Gasteiger partial charge in [0, 0.05) is 36.8 Å². The summed E-state index contributed by atoms with van der Waals surface area (Å²) in [6.07, 6.45) is 9.78. The molecular formula is C25H26ClN7O. The molecule has 174 valence electrons. The zero-order valence-electron chi connectivity index (χ0n) is 19.0. The second-order valence-electron chi connectivity index (χ2n) is 8.82. The summed E-state index contributed by atoms with van der Waals surface area (Å²) < 4.78 is 1.69. The van der Waals surface area contributed by atoms with Gasteiger partial charge in [0.05, 0.1) is 10.5 Å². The first-order chi connectivity index (χ1) is 16.5. The zero-order chi connectivity index (χ0) is 23.7. The molecule has 0 atom stereocenters. The van der Waals surface area contributed by atoms with Crippen LogP contribution < -0.4 is 11.1 Å². The van der Waals surface area contributed by atoms with E-state index in [1.54, 1.807) is 16.9 Å². The predicted molar refractivity (Wildman–Crippen MR) is 134 cm³/mol. The average molecular weight is 476 g/mol. The van der Waals surface area contributed by atoms with Gasteiger partial charge in [-0.25, -0.2) is 9.97 Å². The number of nitrogen functional groups attached to an aromatic ring is 1. The highest BCUT2D eigenvalue weighted by Crippen LogP contribution is 2.35. The molecule has 1 amide bonds. The van der Waals surface area contributed by atoms with Crippen LogP contribution in [0.4, 0.5) is 11.6 Å². The molecule has 1 saturated carbocycles. The predicted octanol–water partition coefficient (Wildman–Crippen LogP) is 5.24. The Hall–Kier alpha value is -3.52. The number of nitrogens with zero attached hydrogens (tertiary/aromatic N) is 5. The Bertz CT molecular complexity index is 1360. The van der Waals surface area contributed by atoms with Crippen molar-refractivity contribution >= 4 is 40.0 Å². The van der Waals surface area contributed by atoms with E-state index >= 15 is 0 Å². The van der Waals surface area contributed by atoms with Crippen molar-refractivity contribution in [2.24, 2.45) is 13.0 Å². The SMILES string of the molecule is Cn1ccc(-c2nc(N)c(NC(=O)CC3CCCCC3)nc2-c2cc(Cl)c3ncccc3c2)n1. The lowest BCUT2D eigenvalue weighted by Gasteiger charge is -2.21. The van der Waals surface area contributed by atoms with Crippen LogP contribution in [0.25, 0.3) is 33.5 Å². The van der Waals surface area contributed by atoms with Crippen LogP contribution in [0.5, 0.6) is 0 Å². The van der Waals surface area contributed by atoms with Gasteiger partial charge < -0.3 is 11.1 Å². The first kappa shape index (κ1) is 22.3. The summed E-state index contributed by atoms with van der Waals surface area (Å²) in [5.41, 5.74) is 9.37. The molecule has 0 radical (unpaired) electrons. The van der Waals surface area contributed by atoms with Gasteiger partial charge in [-0.15, -0.1) is 0 Å². The molecule has 1 aliphatic rings. The number of anilines is 2. The standard InChI is InChI=1S/C25H26ClN7O/c1-33-11-9-19(32-33)23-22(17-13-16-8-5-10-28-21(16)18(26)14-17)31-25(24(27)30-23)29-20(34)12-15-6-3-2-4-7-15/h5,8-11,13-15H,2-4,6-7,12H2,1H3,(H2,27,30)(H,29,31,34). The van der Waals surface area contributed by atoms with E-state index in [1.807, 2.05) is 37.5 Å². The van der Waals surface area contributed by atoms with E-state index in [1.165, 1.54) is 19.3 Å².